The molecule has 0 fully saturated rings. The summed E-state index contributed by atoms with van der Waals surface area (Å²) < 4.78 is 0. The van der Waals surface area contributed by atoms with Crippen LogP contribution < -0.4 is 5.73 Å². The van der Waals surface area contributed by atoms with Gasteiger partial charge in [0.25, 0.3) is 0 Å². The first-order chi connectivity index (χ1) is 5.27. The Hall–Kier alpha value is -0.300. The van der Waals surface area contributed by atoms with Gasteiger partial charge in [0.1, 0.15) is 0 Å². The highest BCUT2D eigenvalue weighted by molar-refractivity contribution is 4.82. The fourth-order valence-corrected chi connectivity index (χ4v) is 0.917. The molecule has 0 bridgehead atoms. The predicted octanol–water partition coefficient (Wildman–Crippen LogP) is 2.86. The average Bonchev–Trinajstić information content (AvgIpc) is 1.96. The Bertz CT molecular complexity index is 95.0. The molecule has 0 aromatic heterocycles. The first-order valence-electron chi connectivity index (χ1n) is 4.68. The Kier molecular flexibility index (Phi) is 7.59. The SMILES string of the molecule is CCCCC=CCC[C@@H](C)N. The van der Waals surface area contributed by atoms with E-state index in [1.54, 1.807) is 0 Å². The number of hydrogen-bond donors (Lipinski definition) is 1. The van der Waals surface area contributed by atoms with Crippen LogP contribution in [0.15, 0.2) is 12.2 Å². The van der Waals surface area contributed by atoms with Gasteiger partial charge in [-0.15, -0.1) is 0 Å². The maximum absolute atomic E-state index is 5.60. The van der Waals surface area contributed by atoms with Gasteiger partial charge in [-0.25, -0.2) is 0 Å². The van der Waals surface area contributed by atoms with Crippen LogP contribution in [0.2, 0.25) is 0 Å². The molecule has 1 heteroatoms. The third-order valence-electron chi connectivity index (χ3n) is 1.68. The number of rotatable bonds is 6. The standard InChI is InChI=1S/C10H21N/c1-3-4-5-6-7-8-9-10(2)11/h6-7,10H,3-5,8-9,11H2,1-2H3/t10-/m1/s1. The zero-order chi connectivity index (χ0) is 8.53. The smallest absolute Gasteiger partial charge is 0.00134 e. The van der Waals surface area contributed by atoms with Crippen molar-refractivity contribution in [2.24, 2.45) is 5.73 Å². The van der Waals surface area contributed by atoms with Gasteiger partial charge < -0.3 is 5.73 Å². The number of allylic oxidation sites excluding steroid dienone is 2. The van der Waals surface area contributed by atoms with Crippen LogP contribution in [-0.2, 0) is 0 Å². The van der Waals surface area contributed by atoms with Crippen LogP contribution in [0.5, 0.6) is 0 Å². The van der Waals surface area contributed by atoms with Crippen LogP contribution in [0.25, 0.3) is 0 Å². The monoisotopic (exact) mass is 155 g/mol. The predicted molar refractivity (Wildman–Crippen MR) is 51.5 cm³/mol. The molecule has 0 aromatic carbocycles. The third-order valence-corrected chi connectivity index (χ3v) is 1.68. The fourth-order valence-electron chi connectivity index (χ4n) is 0.917. The molecule has 0 aliphatic rings. The Labute approximate surface area is 70.7 Å². The van der Waals surface area contributed by atoms with E-state index in [2.05, 4.69) is 26.0 Å². The number of hydrogen-bond acceptors (Lipinski definition) is 1. The molecule has 0 radical (unpaired) electrons. The van der Waals surface area contributed by atoms with Crippen LogP contribution in [0.1, 0.15) is 46.0 Å². The summed E-state index contributed by atoms with van der Waals surface area (Å²) in [6.07, 6.45) is 10.6. The second kappa shape index (κ2) is 7.80. The van der Waals surface area contributed by atoms with E-state index in [0.717, 1.165) is 12.8 Å². The zero-order valence-electron chi connectivity index (χ0n) is 7.84. The number of nitrogens with two attached hydrogens (primary N) is 1. The Balaban J connectivity index is 3.03. The van der Waals surface area contributed by atoms with Gasteiger partial charge in [-0.05, 0) is 26.2 Å². The molecule has 0 aliphatic heterocycles. The van der Waals surface area contributed by atoms with Crippen molar-refractivity contribution in [2.75, 3.05) is 0 Å². The Morgan fingerprint density at radius 1 is 1.27 bits per heavy atom. The summed E-state index contributed by atoms with van der Waals surface area (Å²) >= 11 is 0. The van der Waals surface area contributed by atoms with E-state index in [9.17, 15) is 0 Å². The first kappa shape index (κ1) is 10.7. The van der Waals surface area contributed by atoms with Crippen molar-refractivity contribution >= 4 is 0 Å². The van der Waals surface area contributed by atoms with Crippen molar-refractivity contribution in [1.29, 1.82) is 0 Å². The lowest BCUT2D eigenvalue weighted by atomic mass is 10.1. The molecule has 0 rings (SSSR count). The largest absolute Gasteiger partial charge is 0.328 e. The highest BCUT2D eigenvalue weighted by Crippen LogP contribution is 1.99. The molecule has 1 nitrogen and oxygen atoms in total. The lowest BCUT2D eigenvalue weighted by molar-refractivity contribution is 0.674. The quantitative estimate of drug-likeness (QED) is 0.463. The summed E-state index contributed by atoms with van der Waals surface area (Å²) in [4.78, 5) is 0. The summed E-state index contributed by atoms with van der Waals surface area (Å²) in [6.45, 7) is 4.27. The van der Waals surface area contributed by atoms with Crippen LogP contribution in [0.4, 0.5) is 0 Å². The molecule has 0 saturated carbocycles. The molecule has 11 heavy (non-hydrogen) atoms. The van der Waals surface area contributed by atoms with Crippen molar-refractivity contribution < 1.29 is 0 Å². The van der Waals surface area contributed by atoms with Crippen molar-refractivity contribution in [3.05, 3.63) is 12.2 Å². The minimum absolute atomic E-state index is 0.353. The van der Waals surface area contributed by atoms with Gasteiger partial charge >= 0.3 is 0 Å². The molecule has 0 saturated heterocycles. The molecule has 0 unspecified atom stereocenters. The summed E-state index contributed by atoms with van der Waals surface area (Å²) in [5, 5.41) is 0. The van der Waals surface area contributed by atoms with Gasteiger partial charge in [-0.2, -0.15) is 0 Å². The van der Waals surface area contributed by atoms with Crippen molar-refractivity contribution in [3.8, 4) is 0 Å². The van der Waals surface area contributed by atoms with Crippen LogP contribution >= 0.6 is 0 Å². The minimum atomic E-state index is 0.353. The second-order valence-electron chi connectivity index (χ2n) is 3.17. The molecular weight excluding hydrogens is 134 g/mol. The summed E-state index contributed by atoms with van der Waals surface area (Å²) in [5.41, 5.74) is 5.60. The summed E-state index contributed by atoms with van der Waals surface area (Å²) in [5.74, 6) is 0. The van der Waals surface area contributed by atoms with Gasteiger partial charge in [-0.1, -0.05) is 31.9 Å². The van der Waals surface area contributed by atoms with Gasteiger partial charge in [-0.3, -0.25) is 0 Å². The maximum atomic E-state index is 5.60. The summed E-state index contributed by atoms with van der Waals surface area (Å²) in [7, 11) is 0. The van der Waals surface area contributed by atoms with Crippen molar-refractivity contribution in [2.45, 2.75) is 52.0 Å². The molecule has 2 N–H and O–H groups in total. The first-order valence-corrected chi connectivity index (χ1v) is 4.68. The van der Waals surface area contributed by atoms with E-state index in [-0.39, 0.29) is 0 Å². The van der Waals surface area contributed by atoms with E-state index in [1.165, 1.54) is 19.3 Å². The van der Waals surface area contributed by atoms with Gasteiger partial charge in [0.2, 0.25) is 0 Å². The zero-order valence-corrected chi connectivity index (χ0v) is 7.84. The van der Waals surface area contributed by atoms with Gasteiger partial charge in [0, 0.05) is 6.04 Å². The van der Waals surface area contributed by atoms with Crippen molar-refractivity contribution in [3.63, 3.8) is 0 Å². The van der Waals surface area contributed by atoms with E-state index in [1.807, 2.05) is 0 Å². The lowest BCUT2D eigenvalue weighted by Gasteiger charge is -1.99. The number of unbranched alkanes of at least 4 members (excludes halogenated alkanes) is 2. The molecule has 0 amide bonds. The molecule has 0 aromatic rings. The van der Waals surface area contributed by atoms with E-state index >= 15 is 0 Å². The van der Waals surface area contributed by atoms with Gasteiger partial charge in [0.05, 0.1) is 0 Å². The van der Waals surface area contributed by atoms with Crippen molar-refractivity contribution in [1.82, 2.24) is 0 Å². The van der Waals surface area contributed by atoms with Crippen LogP contribution in [0, 0.1) is 0 Å². The Morgan fingerprint density at radius 3 is 2.45 bits per heavy atom. The second-order valence-corrected chi connectivity index (χ2v) is 3.17. The molecule has 0 heterocycles. The van der Waals surface area contributed by atoms with Crippen LogP contribution in [-0.4, -0.2) is 6.04 Å². The molecule has 0 aliphatic carbocycles. The molecular formula is C10H21N. The van der Waals surface area contributed by atoms with E-state index < -0.39 is 0 Å². The Morgan fingerprint density at radius 2 is 1.91 bits per heavy atom. The molecule has 1 atom stereocenters. The fraction of sp³-hybridized carbons (Fsp3) is 0.800. The average molecular weight is 155 g/mol. The highest BCUT2D eigenvalue weighted by atomic mass is 14.6. The highest BCUT2D eigenvalue weighted by Gasteiger charge is 1.88. The molecule has 66 valence electrons. The van der Waals surface area contributed by atoms with Gasteiger partial charge in [0.15, 0.2) is 0 Å². The van der Waals surface area contributed by atoms with E-state index in [4.69, 9.17) is 5.73 Å². The van der Waals surface area contributed by atoms with E-state index in [0.29, 0.717) is 6.04 Å². The minimum Gasteiger partial charge on any atom is -0.328 e. The third kappa shape index (κ3) is 9.70. The summed E-state index contributed by atoms with van der Waals surface area (Å²) in [6, 6.07) is 0.353. The van der Waals surface area contributed by atoms with Crippen LogP contribution in [0.3, 0.4) is 0 Å². The normalized spacial score (nSPS) is 14.1. The topological polar surface area (TPSA) is 26.0 Å². The molecule has 0 spiro atoms. The maximum Gasteiger partial charge on any atom is 0.00134 e. The lowest BCUT2D eigenvalue weighted by Crippen LogP contribution is -2.13.